The molecule has 0 aliphatic heterocycles. The topological polar surface area (TPSA) is 29.1 Å². The van der Waals surface area contributed by atoms with Gasteiger partial charge in [-0.25, -0.2) is 0 Å². The molecule has 2 nitrogen and oxygen atoms in total. The highest BCUT2D eigenvalue weighted by atomic mass is 16.1. The molecule has 1 amide bonds. The van der Waals surface area contributed by atoms with Crippen LogP contribution in [0.25, 0.3) is 0 Å². The van der Waals surface area contributed by atoms with Crippen molar-refractivity contribution < 1.29 is 4.79 Å². The van der Waals surface area contributed by atoms with Crippen LogP contribution in [0.1, 0.15) is 27.0 Å². The van der Waals surface area contributed by atoms with Crippen LogP contribution in [-0.4, -0.2) is 5.91 Å². The van der Waals surface area contributed by atoms with Gasteiger partial charge < -0.3 is 5.32 Å². The summed E-state index contributed by atoms with van der Waals surface area (Å²) in [7, 11) is 0. The maximum absolute atomic E-state index is 11.9. The van der Waals surface area contributed by atoms with Gasteiger partial charge in [-0.3, -0.25) is 4.79 Å². The summed E-state index contributed by atoms with van der Waals surface area (Å²) in [5, 5.41) is 2.92. The second-order valence-corrected chi connectivity index (χ2v) is 4.54. The van der Waals surface area contributed by atoms with E-state index >= 15 is 0 Å². The van der Waals surface area contributed by atoms with E-state index in [4.69, 9.17) is 0 Å². The Balaban J connectivity index is 1.98. The Morgan fingerprint density at radius 3 is 2.39 bits per heavy atom. The van der Waals surface area contributed by atoms with E-state index in [-0.39, 0.29) is 5.91 Å². The molecule has 0 fully saturated rings. The Labute approximate surface area is 108 Å². The molecule has 0 aliphatic rings. The third-order valence-electron chi connectivity index (χ3n) is 2.85. The summed E-state index contributed by atoms with van der Waals surface area (Å²) >= 11 is 0. The minimum absolute atomic E-state index is 0.0310. The molecule has 2 aromatic carbocycles. The fourth-order valence-electron chi connectivity index (χ4n) is 1.81. The van der Waals surface area contributed by atoms with Crippen LogP contribution in [-0.2, 0) is 6.54 Å². The molecule has 0 atom stereocenters. The van der Waals surface area contributed by atoms with Crippen LogP contribution in [0, 0.1) is 13.8 Å². The van der Waals surface area contributed by atoms with Crippen LogP contribution < -0.4 is 5.32 Å². The zero-order chi connectivity index (χ0) is 13.0. The molecule has 2 rings (SSSR count). The lowest BCUT2D eigenvalue weighted by Gasteiger charge is -2.06. The number of hydrogen-bond donors (Lipinski definition) is 1. The van der Waals surface area contributed by atoms with Gasteiger partial charge in [-0.15, -0.1) is 0 Å². The van der Waals surface area contributed by atoms with E-state index < -0.39 is 0 Å². The number of rotatable bonds is 3. The third kappa shape index (κ3) is 3.20. The first-order valence-electron chi connectivity index (χ1n) is 6.05. The molecule has 2 heteroatoms. The normalized spacial score (nSPS) is 10.1. The Morgan fingerprint density at radius 1 is 1.00 bits per heavy atom. The van der Waals surface area contributed by atoms with Crippen LogP contribution in [0.3, 0.4) is 0 Å². The monoisotopic (exact) mass is 239 g/mol. The van der Waals surface area contributed by atoms with E-state index in [9.17, 15) is 4.79 Å². The summed E-state index contributed by atoms with van der Waals surface area (Å²) in [5.41, 5.74) is 4.19. The molecule has 0 saturated carbocycles. The van der Waals surface area contributed by atoms with Crippen LogP contribution in [0.5, 0.6) is 0 Å². The van der Waals surface area contributed by atoms with Crippen molar-refractivity contribution in [3.8, 4) is 0 Å². The fraction of sp³-hybridized carbons (Fsp3) is 0.188. The zero-order valence-electron chi connectivity index (χ0n) is 10.7. The molecular formula is C16H17NO. The Bertz CT molecular complexity index is 543. The second-order valence-electron chi connectivity index (χ2n) is 4.54. The third-order valence-corrected chi connectivity index (χ3v) is 2.85. The summed E-state index contributed by atoms with van der Waals surface area (Å²) in [6, 6.07) is 15.7. The van der Waals surface area contributed by atoms with Gasteiger partial charge in [-0.2, -0.15) is 0 Å². The van der Waals surface area contributed by atoms with Crippen LogP contribution in [0.2, 0.25) is 0 Å². The molecule has 0 radical (unpaired) electrons. The van der Waals surface area contributed by atoms with E-state index in [0.29, 0.717) is 12.1 Å². The van der Waals surface area contributed by atoms with E-state index in [1.807, 2.05) is 56.3 Å². The molecule has 0 aliphatic carbocycles. The van der Waals surface area contributed by atoms with Gasteiger partial charge in [-0.1, -0.05) is 47.5 Å². The van der Waals surface area contributed by atoms with Gasteiger partial charge >= 0.3 is 0 Å². The highest BCUT2D eigenvalue weighted by Crippen LogP contribution is 2.05. The summed E-state index contributed by atoms with van der Waals surface area (Å²) in [5.74, 6) is -0.0310. The molecule has 0 aromatic heterocycles. The first-order valence-corrected chi connectivity index (χ1v) is 6.05. The highest BCUT2D eigenvalue weighted by molar-refractivity contribution is 5.94. The predicted molar refractivity (Wildman–Crippen MR) is 73.5 cm³/mol. The Kier molecular flexibility index (Phi) is 3.78. The van der Waals surface area contributed by atoms with Crippen molar-refractivity contribution >= 4 is 5.91 Å². The van der Waals surface area contributed by atoms with Crippen LogP contribution in [0.4, 0.5) is 0 Å². The molecule has 92 valence electrons. The molecule has 1 N–H and O–H groups in total. The maximum atomic E-state index is 11.9. The van der Waals surface area contributed by atoms with E-state index in [1.54, 1.807) is 0 Å². The second kappa shape index (κ2) is 5.50. The van der Waals surface area contributed by atoms with Crippen LogP contribution in [0.15, 0.2) is 48.5 Å². The summed E-state index contributed by atoms with van der Waals surface area (Å²) in [6.45, 7) is 4.62. The number of aryl methyl sites for hydroxylation is 2. The van der Waals surface area contributed by atoms with Crippen LogP contribution >= 0.6 is 0 Å². The minimum atomic E-state index is -0.0310. The molecule has 0 unspecified atom stereocenters. The SMILES string of the molecule is Cc1ccc(C(=O)NCc2cccc(C)c2)cc1. The van der Waals surface area contributed by atoms with Gasteiger partial charge in [0.25, 0.3) is 5.91 Å². The number of amides is 1. The van der Waals surface area contributed by atoms with Crippen molar-refractivity contribution in [1.29, 1.82) is 0 Å². The molecule has 0 bridgehead atoms. The first kappa shape index (κ1) is 12.4. The summed E-state index contributed by atoms with van der Waals surface area (Å²) in [4.78, 5) is 11.9. The van der Waals surface area contributed by atoms with Gasteiger partial charge in [0.2, 0.25) is 0 Å². The molecule has 0 heterocycles. The predicted octanol–water partition coefficient (Wildman–Crippen LogP) is 3.23. The maximum Gasteiger partial charge on any atom is 0.251 e. The first-order chi connectivity index (χ1) is 8.65. The lowest BCUT2D eigenvalue weighted by atomic mass is 10.1. The van der Waals surface area contributed by atoms with Crippen molar-refractivity contribution in [3.05, 3.63) is 70.8 Å². The fourth-order valence-corrected chi connectivity index (χ4v) is 1.81. The minimum Gasteiger partial charge on any atom is -0.348 e. The smallest absolute Gasteiger partial charge is 0.251 e. The summed E-state index contributed by atoms with van der Waals surface area (Å²) < 4.78 is 0. The quantitative estimate of drug-likeness (QED) is 0.875. The van der Waals surface area contributed by atoms with Crippen molar-refractivity contribution in [2.45, 2.75) is 20.4 Å². The number of benzene rings is 2. The number of hydrogen-bond acceptors (Lipinski definition) is 1. The van der Waals surface area contributed by atoms with Gasteiger partial charge in [0.15, 0.2) is 0 Å². The van der Waals surface area contributed by atoms with Crippen molar-refractivity contribution in [3.63, 3.8) is 0 Å². The average molecular weight is 239 g/mol. The number of carbonyl (C=O) groups excluding carboxylic acids is 1. The van der Waals surface area contributed by atoms with Gasteiger partial charge in [0, 0.05) is 12.1 Å². The van der Waals surface area contributed by atoms with E-state index in [0.717, 1.165) is 11.1 Å². The number of nitrogens with one attached hydrogen (secondary N) is 1. The molecule has 18 heavy (non-hydrogen) atoms. The van der Waals surface area contributed by atoms with Crippen molar-refractivity contribution in [2.24, 2.45) is 0 Å². The van der Waals surface area contributed by atoms with E-state index in [2.05, 4.69) is 11.4 Å². The lowest BCUT2D eigenvalue weighted by Crippen LogP contribution is -2.22. The van der Waals surface area contributed by atoms with Gasteiger partial charge in [0.1, 0.15) is 0 Å². The molecule has 0 saturated heterocycles. The van der Waals surface area contributed by atoms with Crippen molar-refractivity contribution in [2.75, 3.05) is 0 Å². The Morgan fingerprint density at radius 2 is 1.72 bits per heavy atom. The number of carbonyl (C=O) groups is 1. The van der Waals surface area contributed by atoms with Gasteiger partial charge in [-0.05, 0) is 31.5 Å². The average Bonchev–Trinajstić information content (AvgIpc) is 2.37. The molecular weight excluding hydrogens is 222 g/mol. The van der Waals surface area contributed by atoms with Crippen molar-refractivity contribution in [1.82, 2.24) is 5.32 Å². The summed E-state index contributed by atoms with van der Waals surface area (Å²) in [6.07, 6.45) is 0. The molecule has 0 spiro atoms. The lowest BCUT2D eigenvalue weighted by molar-refractivity contribution is 0.0951. The van der Waals surface area contributed by atoms with E-state index in [1.165, 1.54) is 5.56 Å². The standard InChI is InChI=1S/C16H17NO/c1-12-6-8-15(9-7-12)16(18)17-11-14-5-3-4-13(2)10-14/h3-10H,11H2,1-2H3,(H,17,18). The zero-order valence-corrected chi connectivity index (χ0v) is 10.7. The highest BCUT2D eigenvalue weighted by Gasteiger charge is 2.04. The Hall–Kier alpha value is -2.09. The van der Waals surface area contributed by atoms with Gasteiger partial charge in [0.05, 0.1) is 0 Å². The largest absolute Gasteiger partial charge is 0.348 e. The molecule has 2 aromatic rings.